The molecule has 4 rings (SSSR count). The number of ether oxygens (including phenoxy) is 1. The van der Waals surface area contributed by atoms with Gasteiger partial charge in [-0.3, -0.25) is 9.36 Å². The molecule has 1 aromatic heterocycles. The summed E-state index contributed by atoms with van der Waals surface area (Å²) in [6, 6.07) is 14.4. The fraction of sp³-hybridized carbons (Fsp3) is 0.286. The molecule has 0 bridgehead atoms. The number of thioether (sulfide) groups is 1. The zero-order valence-corrected chi connectivity index (χ0v) is 19.1. The Bertz CT molecular complexity index is 1220. The minimum atomic E-state index is -3.59. The van der Waals surface area contributed by atoms with Crippen LogP contribution in [0.15, 0.2) is 58.6 Å². The van der Waals surface area contributed by atoms with Gasteiger partial charge in [0.15, 0.2) is 11.0 Å². The number of hydrogen-bond acceptors (Lipinski definition) is 7. The topological polar surface area (TPSA) is 120 Å². The van der Waals surface area contributed by atoms with Gasteiger partial charge >= 0.3 is 0 Å². The summed E-state index contributed by atoms with van der Waals surface area (Å²) in [5, 5.41) is 9.08. The summed E-state index contributed by atoms with van der Waals surface area (Å²) in [6.45, 7) is 3.44. The van der Waals surface area contributed by atoms with E-state index in [1.807, 2.05) is 35.8 Å². The van der Waals surface area contributed by atoms with Crippen molar-refractivity contribution in [3.8, 4) is 17.1 Å². The van der Waals surface area contributed by atoms with E-state index in [0.29, 0.717) is 42.8 Å². The van der Waals surface area contributed by atoms with Crippen molar-refractivity contribution in [2.75, 3.05) is 32.1 Å². The summed E-state index contributed by atoms with van der Waals surface area (Å²) in [4.78, 5) is 11.5. The predicted molar refractivity (Wildman–Crippen MR) is 121 cm³/mol. The molecule has 1 fully saturated rings. The lowest BCUT2D eigenvalue weighted by atomic mass is 10.2. The fourth-order valence-electron chi connectivity index (χ4n) is 3.40. The maximum Gasteiger partial charge on any atom is 0.243 e. The molecule has 9 nitrogen and oxygen atoms in total. The van der Waals surface area contributed by atoms with Gasteiger partial charge in [0, 0.05) is 24.3 Å². The third kappa shape index (κ3) is 4.70. The number of aryl methyl sites for hydroxylation is 1. The first-order valence-corrected chi connectivity index (χ1v) is 12.4. The highest BCUT2D eigenvalue weighted by Crippen LogP contribution is 2.29. The van der Waals surface area contributed by atoms with Crippen LogP contribution in [-0.4, -0.2) is 65.5 Å². The molecule has 0 aliphatic carbocycles. The zero-order chi connectivity index (χ0) is 22.7. The van der Waals surface area contributed by atoms with Crippen LogP contribution < -0.4 is 5.73 Å². The second kappa shape index (κ2) is 9.41. The van der Waals surface area contributed by atoms with Crippen LogP contribution in [0.25, 0.3) is 17.1 Å². The molecule has 0 unspecified atom stereocenters. The van der Waals surface area contributed by atoms with Crippen LogP contribution in [0.5, 0.6) is 0 Å². The molecular formula is C21H23N5O4S2. The quantitative estimate of drug-likeness (QED) is 0.520. The Morgan fingerprint density at radius 3 is 2.50 bits per heavy atom. The number of aromatic nitrogens is 3. The van der Waals surface area contributed by atoms with Crippen LogP contribution in [0.4, 0.5) is 0 Å². The number of benzene rings is 2. The van der Waals surface area contributed by atoms with Crippen molar-refractivity contribution in [3.63, 3.8) is 0 Å². The highest BCUT2D eigenvalue weighted by molar-refractivity contribution is 7.99. The van der Waals surface area contributed by atoms with E-state index in [2.05, 4.69) is 10.2 Å². The maximum atomic E-state index is 12.9. The molecule has 0 saturated carbocycles. The van der Waals surface area contributed by atoms with Crippen molar-refractivity contribution in [1.82, 2.24) is 19.1 Å². The predicted octanol–water partition coefficient (Wildman–Crippen LogP) is 1.84. The number of hydrogen-bond donors (Lipinski definition) is 1. The Balaban J connectivity index is 1.71. The number of rotatable bonds is 7. The number of amides is 1. The third-order valence-electron chi connectivity index (χ3n) is 4.96. The first kappa shape index (κ1) is 22.5. The Morgan fingerprint density at radius 2 is 1.84 bits per heavy atom. The molecule has 2 heterocycles. The normalized spacial score (nSPS) is 15.0. The third-order valence-corrected chi connectivity index (χ3v) is 7.82. The van der Waals surface area contributed by atoms with E-state index >= 15 is 0 Å². The molecule has 2 N–H and O–H groups in total. The highest BCUT2D eigenvalue weighted by atomic mass is 32.2. The van der Waals surface area contributed by atoms with Crippen LogP contribution in [-0.2, 0) is 19.6 Å². The molecule has 0 spiro atoms. The lowest BCUT2D eigenvalue weighted by molar-refractivity contribution is -0.115. The van der Waals surface area contributed by atoms with Crippen molar-refractivity contribution in [3.05, 3.63) is 54.1 Å². The van der Waals surface area contributed by atoms with E-state index in [1.54, 1.807) is 24.3 Å². The van der Waals surface area contributed by atoms with Crippen LogP contribution in [0.3, 0.4) is 0 Å². The van der Waals surface area contributed by atoms with Crippen molar-refractivity contribution in [2.24, 2.45) is 5.73 Å². The molecule has 2 aromatic carbocycles. The first-order valence-electron chi connectivity index (χ1n) is 9.98. The van der Waals surface area contributed by atoms with Gasteiger partial charge in [-0.2, -0.15) is 4.31 Å². The van der Waals surface area contributed by atoms with Crippen LogP contribution in [0.2, 0.25) is 0 Å². The second-order valence-corrected chi connectivity index (χ2v) is 10.2. The number of primary amides is 1. The molecule has 168 valence electrons. The van der Waals surface area contributed by atoms with Gasteiger partial charge in [0.05, 0.1) is 23.9 Å². The molecule has 32 heavy (non-hydrogen) atoms. The van der Waals surface area contributed by atoms with Crippen molar-refractivity contribution in [2.45, 2.75) is 17.0 Å². The Morgan fingerprint density at radius 1 is 1.12 bits per heavy atom. The summed E-state index contributed by atoms with van der Waals surface area (Å²) < 4.78 is 34.3. The molecule has 11 heteroatoms. The number of nitrogens with zero attached hydrogens (tertiary/aromatic N) is 4. The molecule has 1 aliphatic rings. The van der Waals surface area contributed by atoms with E-state index in [1.165, 1.54) is 16.1 Å². The second-order valence-electron chi connectivity index (χ2n) is 7.28. The standard InChI is InChI=1S/C21H23N5O4S2/c1-15-3-2-4-17(13-15)26-20(23-24-21(26)31-14-19(22)27)16-5-7-18(8-6-16)32(28,29)25-9-11-30-12-10-25/h2-8,13H,9-12,14H2,1H3,(H2,22,27). The minimum absolute atomic E-state index is 0.0701. The van der Waals surface area contributed by atoms with Crippen LogP contribution >= 0.6 is 11.8 Å². The highest BCUT2D eigenvalue weighted by Gasteiger charge is 2.26. The minimum Gasteiger partial charge on any atom is -0.379 e. The summed E-state index contributed by atoms with van der Waals surface area (Å²) in [6.07, 6.45) is 0. The van der Waals surface area contributed by atoms with Gasteiger partial charge in [-0.15, -0.1) is 10.2 Å². The van der Waals surface area contributed by atoms with Gasteiger partial charge in [-0.05, 0) is 48.9 Å². The fourth-order valence-corrected chi connectivity index (χ4v) is 5.50. The molecule has 0 radical (unpaired) electrons. The molecule has 1 saturated heterocycles. The number of carbonyl (C=O) groups is 1. The smallest absolute Gasteiger partial charge is 0.243 e. The SMILES string of the molecule is Cc1cccc(-n2c(SCC(N)=O)nnc2-c2ccc(S(=O)(=O)N3CCOCC3)cc2)c1. The number of sulfonamides is 1. The molecule has 3 aromatic rings. The zero-order valence-electron chi connectivity index (χ0n) is 17.5. The van der Waals surface area contributed by atoms with Crippen molar-refractivity contribution >= 4 is 27.7 Å². The summed E-state index contributed by atoms with van der Waals surface area (Å²) in [5.74, 6) is 0.159. The Kier molecular flexibility index (Phi) is 6.60. The van der Waals surface area contributed by atoms with E-state index < -0.39 is 15.9 Å². The van der Waals surface area contributed by atoms with Gasteiger partial charge in [0.2, 0.25) is 15.9 Å². The van der Waals surface area contributed by atoms with E-state index in [4.69, 9.17) is 10.5 Å². The van der Waals surface area contributed by atoms with Crippen LogP contribution in [0.1, 0.15) is 5.56 Å². The van der Waals surface area contributed by atoms with E-state index in [0.717, 1.165) is 11.3 Å². The number of carbonyl (C=O) groups excluding carboxylic acids is 1. The average Bonchev–Trinajstić information content (AvgIpc) is 3.22. The lowest BCUT2D eigenvalue weighted by Gasteiger charge is -2.26. The van der Waals surface area contributed by atoms with Crippen molar-refractivity contribution in [1.29, 1.82) is 0 Å². The first-order chi connectivity index (χ1) is 15.4. The molecule has 1 amide bonds. The van der Waals surface area contributed by atoms with E-state index in [-0.39, 0.29) is 10.6 Å². The number of nitrogens with two attached hydrogens (primary N) is 1. The van der Waals surface area contributed by atoms with E-state index in [9.17, 15) is 13.2 Å². The number of morpholine rings is 1. The summed E-state index contributed by atoms with van der Waals surface area (Å²) in [7, 11) is -3.59. The maximum absolute atomic E-state index is 12.9. The van der Waals surface area contributed by atoms with Crippen LogP contribution in [0, 0.1) is 6.92 Å². The van der Waals surface area contributed by atoms with Gasteiger partial charge in [0.25, 0.3) is 0 Å². The Labute approximate surface area is 190 Å². The Hall–Kier alpha value is -2.73. The average molecular weight is 474 g/mol. The van der Waals surface area contributed by atoms with Gasteiger partial charge < -0.3 is 10.5 Å². The molecule has 0 atom stereocenters. The molecule has 1 aliphatic heterocycles. The van der Waals surface area contributed by atoms with Crippen molar-refractivity contribution < 1.29 is 17.9 Å². The summed E-state index contributed by atoms with van der Waals surface area (Å²) in [5.41, 5.74) is 7.89. The lowest BCUT2D eigenvalue weighted by Crippen LogP contribution is -2.40. The van der Waals surface area contributed by atoms with Gasteiger partial charge in [-0.25, -0.2) is 8.42 Å². The van der Waals surface area contributed by atoms with Gasteiger partial charge in [0.1, 0.15) is 0 Å². The molecular weight excluding hydrogens is 450 g/mol. The monoisotopic (exact) mass is 473 g/mol. The summed E-state index contributed by atoms with van der Waals surface area (Å²) >= 11 is 1.20. The van der Waals surface area contributed by atoms with Gasteiger partial charge in [-0.1, -0.05) is 23.9 Å². The largest absolute Gasteiger partial charge is 0.379 e.